The molecular weight excluding hydrogens is 454 g/mol. The van der Waals surface area contributed by atoms with Gasteiger partial charge in [0.2, 0.25) is 5.95 Å². The molecule has 1 fully saturated rings. The predicted molar refractivity (Wildman–Crippen MR) is 143 cm³/mol. The number of rotatable bonds is 10. The molecule has 0 radical (unpaired) electrons. The topological polar surface area (TPSA) is 85.6 Å². The van der Waals surface area contributed by atoms with E-state index >= 15 is 0 Å². The van der Waals surface area contributed by atoms with Crippen molar-refractivity contribution in [2.24, 2.45) is 11.3 Å². The van der Waals surface area contributed by atoms with Crippen molar-refractivity contribution < 1.29 is 19.4 Å². The van der Waals surface area contributed by atoms with Gasteiger partial charge in [-0.2, -0.15) is 0 Å². The van der Waals surface area contributed by atoms with Crippen molar-refractivity contribution in [2.75, 3.05) is 11.9 Å². The summed E-state index contributed by atoms with van der Waals surface area (Å²) in [4.78, 5) is 15.8. The lowest BCUT2D eigenvalue weighted by atomic mass is 9.70. The second kappa shape index (κ2) is 10.8. The van der Waals surface area contributed by atoms with Crippen LogP contribution in [0.25, 0.3) is 11.0 Å². The molecule has 1 aliphatic rings. The Hall–Kier alpha value is -3.22. The number of nitrogens with zero attached hydrogens (tertiary/aromatic N) is 2. The molecular formula is C29H39N3O4. The third-order valence-corrected chi connectivity index (χ3v) is 6.68. The lowest BCUT2D eigenvalue weighted by Gasteiger charge is -2.40. The van der Waals surface area contributed by atoms with Gasteiger partial charge in [0, 0.05) is 24.2 Å². The highest BCUT2D eigenvalue weighted by molar-refractivity contribution is 5.81. The van der Waals surface area contributed by atoms with Crippen LogP contribution in [-0.2, 0) is 4.79 Å². The molecule has 7 heteroatoms. The zero-order valence-corrected chi connectivity index (χ0v) is 22.1. The van der Waals surface area contributed by atoms with Gasteiger partial charge in [-0.15, -0.1) is 0 Å². The smallest absolute Gasteiger partial charge is 0.303 e. The van der Waals surface area contributed by atoms with Crippen LogP contribution in [0.1, 0.15) is 72.8 Å². The fraction of sp³-hybridized carbons (Fsp3) is 0.517. The van der Waals surface area contributed by atoms with Crippen LogP contribution in [0.3, 0.4) is 0 Å². The van der Waals surface area contributed by atoms with Gasteiger partial charge in [0.1, 0.15) is 11.5 Å². The molecule has 0 unspecified atom stereocenters. The van der Waals surface area contributed by atoms with Crippen LogP contribution in [0.2, 0.25) is 0 Å². The van der Waals surface area contributed by atoms with Gasteiger partial charge in [-0.05, 0) is 87.3 Å². The Morgan fingerprint density at radius 2 is 1.89 bits per heavy atom. The summed E-state index contributed by atoms with van der Waals surface area (Å²) in [5.74, 6) is 2.19. The van der Waals surface area contributed by atoms with Gasteiger partial charge in [-0.1, -0.05) is 20.8 Å². The number of aromatic nitrogens is 2. The van der Waals surface area contributed by atoms with Crippen LogP contribution in [0.5, 0.6) is 11.5 Å². The summed E-state index contributed by atoms with van der Waals surface area (Å²) in [5, 5.41) is 12.4. The van der Waals surface area contributed by atoms with E-state index in [0.29, 0.717) is 30.7 Å². The van der Waals surface area contributed by atoms with Crippen LogP contribution < -0.4 is 14.8 Å². The lowest BCUT2D eigenvalue weighted by Crippen LogP contribution is -2.29. The minimum Gasteiger partial charge on any atom is -0.494 e. The first-order valence-electron chi connectivity index (χ1n) is 13.0. The number of nitrogens with one attached hydrogen (secondary N) is 1. The predicted octanol–water partition coefficient (Wildman–Crippen LogP) is 7.20. The molecule has 3 aromatic rings. The number of hydrogen-bond acceptors (Lipinski definition) is 5. The third kappa shape index (κ3) is 6.50. The van der Waals surface area contributed by atoms with Crippen molar-refractivity contribution in [3.8, 4) is 11.5 Å². The minimum atomic E-state index is -0.808. The molecule has 2 atom stereocenters. The number of carboxylic acid groups (broad SMARTS) is 1. The summed E-state index contributed by atoms with van der Waals surface area (Å²) in [7, 11) is 0. The Bertz CT molecular complexity index is 1180. The molecule has 1 heterocycles. The monoisotopic (exact) mass is 493 g/mol. The van der Waals surface area contributed by atoms with Gasteiger partial charge in [0.25, 0.3) is 0 Å². The summed E-state index contributed by atoms with van der Waals surface area (Å²) in [6, 6.07) is 14.3. The van der Waals surface area contributed by atoms with Crippen LogP contribution in [-0.4, -0.2) is 33.3 Å². The zero-order chi connectivity index (χ0) is 25.9. The minimum absolute atomic E-state index is 0.0988. The van der Waals surface area contributed by atoms with Crippen LogP contribution in [0.15, 0.2) is 42.5 Å². The maximum atomic E-state index is 10.8. The van der Waals surface area contributed by atoms with E-state index in [1.165, 1.54) is 6.42 Å². The molecule has 7 nitrogen and oxygen atoms in total. The molecule has 0 saturated heterocycles. The van der Waals surface area contributed by atoms with Crippen molar-refractivity contribution in [1.29, 1.82) is 0 Å². The Balaban J connectivity index is 1.64. The third-order valence-electron chi connectivity index (χ3n) is 6.68. The zero-order valence-electron chi connectivity index (χ0n) is 22.1. The quantitative estimate of drug-likeness (QED) is 0.291. The lowest BCUT2D eigenvalue weighted by molar-refractivity contribution is -0.137. The summed E-state index contributed by atoms with van der Waals surface area (Å²) in [6.45, 7) is 11.5. The fourth-order valence-corrected chi connectivity index (χ4v) is 5.55. The van der Waals surface area contributed by atoms with E-state index < -0.39 is 5.97 Å². The number of carbonyl (C=O) groups is 1. The van der Waals surface area contributed by atoms with Gasteiger partial charge < -0.3 is 24.5 Å². The van der Waals surface area contributed by atoms with Crippen molar-refractivity contribution >= 4 is 28.6 Å². The molecule has 194 valence electrons. The van der Waals surface area contributed by atoms with Crippen LogP contribution in [0, 0.1) is 11.3 Å². The van der Waals surface area contributed by atoms with E-state index in [-0.39, 0.29) is 17.9 Å². The average molecular weight is 494 g/mol. The number of benzene rings is 2. The molecule has 2 aromatic carbocycles. The number of hydrogen-bond donors (Lipinski definition) is 2. The average Bonchev–Trinajstić information content (AvgIpc) is 3.13. The van der Waals surface area contributed by atoms with Crippen molar-refractivity contribution in [3.63, 3.8) is 0 Å². The van der Waals surface area contributed by atoms with E-state index in [1.54, 1.807) is 0 Å². The molecule has 0 amide bonds. The van der Waals surface area contributed by atoms with Crippen molar-refractivity contribution in [1.82, 2.24) is 9.55 Å². The Morgan fingerprint density at radius 3 is 2.56 bits per heavy atom. The van der Waals surface area contributed by atoms with Gasteiger partial charge in [0.15, 0.2) is 0 Å². The maximum Gasteiger partial charge on any atom is 0.303 e. The second-order valence-electron chi connectivity index (χ2n) is 11.2. The highest BCUT2D eigenvalue weighted by Crippen LogP contribution is 2.46. The molecule has 0 spiro atoms. The first-order chi connectivity index (χ1) is 17.1. The normalized spacial score (nSPS) is 19.4. The molecule has 36 heavy (non-hydrogen) atoms. The van der Waals surface area contributed by atoms with E-state index in [2.05, 4.69) is 36.7 Å². The summed E-state index contributed by atoms with van der Waals surface area (Å²) < 4.78 is 14.0. The maximum absolute atomic E-state index is 10.8. The number of aliphatic carboxylic acids is 1. The van der Waals surface area contributed by atoms with Gasteiger partial charge in [-0.3, -0.25) is 4.79 Å². The Labute approximate surface area is 213 Å². The second-order valence-corrected chi connectivity index (χ2v) is 11.2. The first kappa shape index (κ1) is 25.9. The number of imidazole rings is 1. The van der Waals surface area contributed by atoms with Crippen LogP contribution >= 0.6 is 0 Å². The van der Waals surface area contributed by atoms with E-state index in [9.17, 15) is 4.79 Å². The summed E-state index contributed by atoms with van der Waals surface area (Å²) in [5.41, 5.74) is 3.16. The SMILES string of the molecule is CC(C)Oc1ccc(Nc2nc3cc(OCCCC(=O)O)ccc3n2[C@H]2C[C@@H](C)CC(C)(C)C2)cc1. The molecule has 2 N–H and O–H groups in total. The van der Waals surface area contributed by atoms with Gasteiger partial charge in [-0.25, -0.2) is 4.98 Å². The van der Waals surface area contributed by atoms with Gasteiger partial charge >= 0.3 is 5.97 Å². The summed E-state index contributed by atoms with van der Waals surface area (Å²) >= 11 is 0. The standard InChI is InChI=1S/C29H39N3O4/c1-19(2)36-23-10-8-21(9-11-23)30-28-31-25-16-24(35-14-6-7-27(33)34)12-13-26(25)32(28)22-15-20(3)17-29(4,5)18-22/h8-13,16,19-20,22H,6-7,14-15,17-18H2,1-5H3,(H,30,31)(H,33,34)/t20-,22+/m1/s1. The molecule has 1 saturated carbocycles. The largest absolute Gasteiger partial charge is 0.494 e. The van der Waals surface area contributed by atoms with Crippen LogP contribution in [0.4, 0.5) is 11.6 Å². The number of ether oxygens (including phenoxy) is 2. The number of carboxylic acids is 1. The fourth-order valence-electron chi connectivity index (χ4n) is 5.55. The molecule has 0 bridgehead atoms. The highest BCUT2D eigenvalue weighted by atomic mass is 16.5. The number of fused-ring (bicyclic) bond motifs is 1. The van der Waals surface area contributed by atoms with E-state index in [0.717, 1.165) is 41.3 Å². The number of anilines is 2. The Morgan fingerprint density at radius 1 is 1.17 bits per heavy atom. The molecule has 1 aromatic heterocycles. The Kier molecular flexibility index (Phi) is 7.76. The first-order valence-corrected chi connectivity index (χ1v) is 13.0. The molecule has 1 aliphatic carbocycles. The highest BCUT2D eigenvalue weighted by Gasteiger charge is 2.34. The van der Waals surface area contributed by atoms with E-state index in [4.69, 9.17) is 19.6 Å². The van der Waals surface area contributed by atoms with Crippen molar-refractivity contribution in [2.45, 2.75) is 78.9 Å². The molecule has 4 rings (SSSR count). The van der Waals surface area contributed by atoms with Crippen molar-refractivity contribution in [3.05, 3.63) is 42.5 Å². The summed E-state index contributed by atoms with van der Waals surface area (Å²) in [6.07, 6.45) is 4.13. The van der Waals surface area contributed by atoms with Gasteiger partial charge in [0.05, 0.1) is 23.7 Å². The molecule has 0 aliphatic heterocycles. The van der Waals surface area contributed by atoms with E-state index in [1.807, 2.05) is 50.2 Å².